The molecule has 0 radical (unpaired) electrons. The maximum atomic E-state index is 13.6. The first-order valence-electron chi connectivity index (χ1n) is 11.0. The lowest BCUT2D eigenvalue weighted by Gasteiger charge is -2.37. The normalized spacial score (nSPS) is 18.2. The van der Waals surface area contributed by atoms with Crippen LogP contribution in [0.4, 0.5) is 0 Å². The standard InChI is InChI=1S/C25H32N2O4/c1-27(2)22(18-4-9-23-19(16-18)10-13-31-23)17-26-24(28)25(11-14-30-15-12-25)20-5-7-21(29-3)8-6-20/h4-9,16,22H,10-15,17H2,1-3H3,(H,26,28). The molecule has 6 heteroatoms. The zero-order chi connectivity index (χ0) is 21.8. The van der Waals surface area contributed by atoms with E-state index < -0.39 is 5.41 Å². The van der Waals surface area contributed by atoms with Gasteiger partial charge in [-0.05, 0) is 61.8 Å². The Morgan fingerprint density at radius 3 is 2.55 bits per heavy atom. The number of hydrogen-bond donors (Lipinski definition) is 1. The molecule has 2 aromatic carbocycles. The van der Waals surface area contributed by atoms with E-state index in [0.717, 1.165) is 30.1 Å². The number of amides is 1. The highest BCUT2D eigenvalue weighted by Gasteiger charge is 2.41. The quantitative estimate of drug-likeness (QED) is 0.740. The maximum Gasteiger partial charge on any atom is 0.230 e. The van der Waals surface area contributed by atoms with Crippen LogP contribution in [0.5, 0.6) is 11.5 Å². The molecule has 1 N–H and O–H groups in total. The molecule has 2 heterocycles. The van der Waals surface area contributed by atoms with Crippen molar-refractivity contribution in [3.63, 3.8) is 0 Å². The van der Waals surface area contributed by atoms with E-state index in [-0.39, 0.29) is 11.9 Å². The summed E-state index contributed by atoms with van der Waals surface area (Å²) in [6.07, 6.45) is 2.29. The molecule has 0 saturated carbocycles. The minimum atomic E-state index is -0.576. The third-order valence-corrected chi connectivity index (χ3v) is 6.60. The Bertz CT molecular complexity index is 904. The van der Waals surface area contributed by atoms with Crippen LogP contribution in [0.15, 0.2) is 42.5 Å². The van der Waals surface area contributed by atoms with Crippen LogP contribution in [-0.4, -0.2) is 58.4 Å². The molecule has 4 rings (SSSR count). The summed E-state index contributed by atoms with van der Waals surface area (Å²) in [5, 5.41) is 3.27. The first kappa shape index (κ1) is 21.7. The van der Waals surface area contributed by atoms with Crippen molar-refractivity contribution in [2.24, 2.45) is 0 Å². The molecule has 31 heavy (non-hydrogen) atoms. The van der Waals surface area contributed by atoms with Crippen molar-refractivity contribution in [2.45, 2.75) is 30.7 Å². The first-order chi connectivity index (χ1) is 15.0. The Hall–Kier alpha value is -2.57. The van der Waals surface area contributed by atoms with E-state index in [4.69, 9.17) is 14.2 Å². The summed E-state index contributed by atoms with van der Waals surface area (Å²) in [4.78, 5) is 15.7. The van der Waals surface area contributed by atoms with Crippen LogP contribution >= 0.6 is 0 Å². The van der Waals surface area contributed by atoms with E-state index >= 15 is 0 Å². The van der Waals surface area contributed by atoms with Crippen molar-refractivity contribution in [3.05, 3.63) is 59.2 Å². The number of likely N-dealkylation sites (N-methyl/N-ethyl adjacent to an activating group) is 1. The molecule has 6 nitrogen and oxygen atoms in total. The summed E-state index contributed by atoms with van der Waals surface area (Å²) < 4.78 is 16.5. The molecule has 1 amide bonds. The lowest BCUT2D eigenvalue weighted by molar-refractivity contribution is -0.130. The number of rotatable bonds is 7. The number of fused-ring (bicyclic) bond motifs is 1. The molecule has 1 atom stereocenters. The highest BCUT2D eigenvalue weighted by molar-refractivity contribution is 5.88. The second kappa shape index (κ2) is 9.28. The van der Waals surface area contributed by atoms with E-state index in [2.05, 4.69) is 22.3 Å². The van der Waals surface area contributed by atoms with Gasteiger partial charge >= 0.3 is 0 Å². The van der Waals surface area contributed by atoms with Crippen molar-refractivity contribution in [1.82, 2.24) is 10.2 Å². The molecule has 0 aromatic heterocycles. The molecule has 166 valence electrons. The van der Waals surface area contributed by atoms with Gasteiger partial charge in [0.1, 0.15) is 11.5 Å². The second-order valence-electron chi connectivity index (χ2n) is 8.58. The molecular formula is C25H32N2O4. The van der Waals surface area contributed by atoms with Crippen molar-refractivity contribution >= 4 is 5.91 Å². The molecule has 0 spiro atoms. The third-order valence-electron chi connectivity index (χ3n) is 6.60. The van der Waals surface area contributed by atoms with Crippen molar-refractivity contribution < 1.29 is 19.0 Å². The third kappa shape index (κ3) is 4.41. The summed E-state index contributed by atoms with van der Waals surface area (Å²) >= 11 is 0. The highest BCUT2D eigenvalue weighted by Crippen LogP contribution is 2.36. The largest absolute Gasteiger partial charge is 0.497 e. The van der Waals surface area contributed by atoms with Gasteiger partial charge in [-0.15, -0.1) is 0 Å². The van der Waals surface area contributed by atoms with E-state index in [1.54, 1.807) is 7.11 Å². The maximum absolute atomic E-state index is 13.6. The number of benzene rings is 2. The van der Waals surface area contributed by atoms with Crippen molar-refractivity contribution in [1.29, 1.82) is 0 Å². The minimum absolute atomic E-state index is 0.0670. The number of nitrogens with one attached hydrogen (secondary N) is 1. The number of methoxy groups -OCH3 is 1. The Morgan fingerprint density at radius 2 is 1.87 bits per heavy atom. The van der Waals surface area contributed by atoms with Gasteiger partial charge < -0.3 is 24.4 Å². The Kier molecular flexibility index (Phi) is 6.49. The van der Waals surface area contributed by atoms with E-state index in [9.17, 15) is 4.79 Å². The van der Waals surface area contributed by atoms with Gasteiger partial charge in [0, 0.05) is 26.2 Å². The summed E-state index contributed by atoms with van der Waals surface area (Å²) in [6, 6.07) is 14.3. The lowest BCUT2D eigenvalue weighted by Crippen LogP contribution is -2.49. The Morgan fingerprint density at radius 1 is 1.13 bits per heavy atom. The average Bonchev–Trinajstić information content (AvgIpc) is 3.27. The summed E-state index contributed by atoms with van der Waals surface area (Å²) in [6.45, 7) is 2.46. The number of carbonyl (C=O) groups excluding carboxylic acids is 1. The molecule has 2 aliphatic heterocycles. The Balaban J connectivity index is 1.53. The van der Waals surface area contributed by atoms with Crippen molar-refractivity contribution in [2.75, 3.05) is 47.6 Å². The molecule has 0 aliphatic carbocycles. The lowest BCUT2D eigenvalue weighted by atomic mass is 9.73. The zero-order valence-corrected chi connectivity index (χ0v) is 18.6. The van der Waals surface area contributed by atoms with Gasteiger partial charge in [0.05, 0.1) is 25.2 Å². The Labute approximate surface area is 184 Å². The summed E-state index contributed by atoms with van der Waals surface area (Å²) in [7, 11) is 5.75. The minimum Gasteiger partial charge on any atom is -0.497 e. The predicted octanol–water partition coefficient (Wildman–Crippen LogP) is 3.10. The fourth-order valence-corrected chi connectivity index (χ4v) is 4.65. The van der Waals surface area contributed by atoms with Crippen LogP contribution in [0, 0.1) is 0 Å². The number of nitrogens with zero attached hydrogens (tertiary/aromatic N) is 1. The number of hydrogen-bond acceptors (Lipinski definition) is 5. The van der Waals surface area contributed by atoms with E-state index in [1.165, 1.54) is 11.1 Å². The fraction of sp³-hybridized carbons (Fsp3) is 0.480. The molecule has 1 fully saturated rings. The van der Waals surface area contributed by atoms with E-state index in [0.29, 0.717) is 32.6 Å². The topological polar surface area (TPSA) is 60.0 Å². The molecule has 0 bridgehead atoms. The van der Waals surface area contributed by atoms with Crippen LogP contribution in [0.3, 0.4) is 0 Å². The van der Waals surface area contributed by atoms with Gasteiger partial charge in [-0.1, -0.05) is 24.3 Å². The van der Waals surface area contributed by atoms with Gasteiger partial charge in [-0.25, -0.2) is 0 Å². The van der Waals surface area contributed by atoms with Gasteiger partial charge in [-0.2, -0.15) is 0 Å². The average molecular weight is 425 g/mol. The van der Waals surface area contributed by atoms with Crippen LogP contribution in [0.2, 0.25) is 0 Å². The zero-order valence-electron chi connectivity index (χ0n) is 18.6. The van der Waals surface area contributed by atoms with Gasteiger partial charge in [0.25, 0.3) is 0 Å². The molecule has 1 unspecified atom stereocenters. The number of ether oxygens (including phenoxy) is 3. The van der Waals surface area contributed by atoms with Gasteiger partial charge in [0.2, 0.25) is 5.91 Å². The SMILES string of the molecule is COc1ccc(C2(C(=O)NCC(c3ccc4c(c3)CCO4)N(C)C)CCOCC2)cc1. The summed E-state index contributed by atoms with van der Waals surface area (Å²) in [5.41, 5.74) is 2.88. The fourth-order valence-electron chi connectivity index (χ4n) is 4.65. The predicted molar refractivity (Wildman–Crippen MR) is 120 cm³/mol. The smallest absolute Gasteiger partial charge is 0.230 e. The molecular weight excluding hydrogens is 392 g/mol. The van der Waals surface area contributed by atoms with Gasteiger partial charge in [0.15, 0.2) is 0 Å². The summed E-state index contributed by atoms with van der Waals surface area (Å²) in [5.74, 6) is 1.84. The second-order valence-corrected chi connectivity index (χ2v) is 8.58. The first-order valence-corrected chi connectivity index (χ1v) is 11.0. The van der Waals surface area contributed by atoms with E-state index in [1.807, 2.05) is 44.4 Å². The monoisotopic (exact) mass is 424 g/mol. The molecule has 2 aliphatic rings. The molecule has 1 saturated heterocycles. The number of carbonyl (C=O) groups is 1. The highest BCUT2D eigenvalue weighted by atomic mass is 16.5. The van der Waals surface area contributed by atoms with Crippen LogP contribution in [0.1, 0.15) is 35.6 Å². The van der Waals surface area contributed by atoms with Crippen LogP contribution < -0.4 is 14.8 Å². The van der Waals surface area contributed by atoms with Crippen LogP contribution in [0.25, 0.3) is 0 Å². The molecule has 2 aromatic rings. The van der Waals surface area contributed by atoms with Gasteiger partial charge in [-0.3, -0.25) is 4.79 Å². The van der Waals surface area contributed by atoms with Crippen molar-refractivity contribution in [3.8, 4) is 11.5 Å². The van der Waals surface area contributed by atoms with Crippen LogP contribution in [-0.2, 0) is 21.4 Å².